The van der Waals surface area contributed by atoms with Gasteiger partial charge in [-0.3, -0.25) is 0 Å². The number of aryl methyl sites for hydroxylation is 1. The number of rotatable bonds is 3. The van der Waals surface area contributed by atoms with E-state index in [1.54, 1.807) is 13.0 Å². The second-order valence-electron chi connectivity index (χ2n) is 5.33. The summed E-state index contributed by atoms with van der Waals surface area (Å²) in [6.45, 7) is 6.16. The summed E-state index contributed by atoms with van der Waals surface area (Å²) in [6.07, 6.45) is -0.286. The number of morpholine rings is 1. The van der Waals surface area contributed by atoms with E-state index >= 15 is 0 Å². The lowest BCUT2D eigenvalue weighted by molar-refractivity contribution is -0.0441. The maximum atomic E-state index is 12.9. The molecule has 1 aliphatic rings. The Hall–Kier alpha value is -0.820. The van der Waals surface area contributed by atoms with E-state index in [0.717, 1.165) is 5.56 Å². The van der Waals surface area contributed by atoms with Crippen LogP contribution in [0.3, 0.4) is 0 Å². The van der Waals surface area contributed by atoms with Crippen LogP contribution in [0.5, 0.6) is 5.75 Å². The average molecular weight is 334 g/mol. The van der Waals surface area contributed by atoms with Gasteiger partial charge in [-0.25, -0.2) is 8.42 Å². The molecule has 1 saturated heterocycles. The molecule has 2 unspecified atom stereocenters. The van der Waals surface area contributed by atoms with Crippen molar-refractivity contribution in [3.63, 3.8) is 0 Å². The van der Waals surface area contributed by atoms with Crippen LogP contribution >= 0.6 is 11.6 Å². The molecule has 0 bridgehead atoms. The zero-order valence-electron chi connectivity index (χ0n) is 12.6. The van der Waals surface area contributed by atoms with Gasteiger partial charge >= 0.3 is 0 Å². The highest BCUT2D eigenvalue weighted by molar-refractivity contribution is 7.89. The van der Waals surface area contributed by atoms with Gasteiger partial charge in [0, 0.05) is 18.1 Å². The van der Waals surface area contributed by atoms with E-state index in [1.165, 1.54) is 17.5 Å². The Morgan fingerprint density at radius 1 is 1.29 bits per heavy atom. The van der Waals surface area contributed by atoms with Crippen LogP contribution in [0.15, 0.2) is 17.0 Å². The first-order chi connectivity index (χ1) is 9.75. The summed E-state index contributed by atoms with van der Waals surface area (Å²) in [4.78, 5) is 0.0990. The summed E-state index contributed by atoms with van der Waals surface area (Å²) in [5.74, 6) is 0.309. The highest BCUT2D eigenvalue weighted by atomic mass is 35.5. The number of methoxy groups -OCH3 is 1. The molecule has 1 aromatic rings. The highest BCUT2D eigenvalue weighted by Gasteiger charge is 2.34. The highest BCUT2D eigenvalue weighted by Crippen LogP contribution is 2.33. The van der Waals surface area contributed by atoms with Gasteiger partial charge in [-0.2, -0.15) is 4.31 Å². The van der Waals surface area contributed by atoms with Crippen LogP contribution in [-0.4, -0.2) is 45.1 Å². The maximum absolute atomic E-state index is 12.9. The molecule has 0 aromatic heterocycles. The van der Waals surface area contributed by atoms with E-state index in [2.05, 4.69) is 0 Å². The van der Waals surface area contributed by atoms with E-state index in [0.29, 0.717) is 23.9 Å². The first-order valence-corrected chi connectivity index (χ1v) is 8.57. The average Bonchev–Trinajstić information content (AvgIpc) is 2.40. The predicted octanol–water partition coefficient (Wildman–Crippen LogP) is 2.45. The number of ether oxygens (including phenoxy) is 2. The smallest absolute Gasteiger partial charge is 0.246 e. The van der Waals surface area contributed by atoms with Gasteiger partial charge < -0.3 is 9.47 Å². The number of hydrogen-bond acceptors (Lipinski definition) is 4. The lowest BCUT2D eigenvalue weighted by Gasteiger charge is -2.34. The Morgan fingerprint density at radius 3 is 2.38 bits per heavy atom. The van der Waals surface area contributed by atoms with Crippen LogP contribution in [0, 0.1) is 6.92 Å². The summed E-state index contributed by atoms with van der Waals surface area (Å²) < 4.78 is 37.9. The Kier molecular flexibility index (Phi) is 4.82. The molecule has 0 aliphatic carbocycles. The van der Waals surface area contributed by atoms with Crippen LogP contribution in [0.25, 0.3) is 0 Å². The third-order valence-electron chi connectivity index (χ3n) is 3.45. The van der Waals surface area contributed by atoms with E-state index in [-0.39, 0.29) is 17.1 Å². The minimum atomic E-state index is -3.67. The number of nitrogens with zero attached hydrogens (tertiary/aromatic N) is 1. The van der Waals surface area contributed by atoms with Crippen LogP contribution in [-0.2, 0) is 14.8 Å². The Morgan fingerprint density at radius 2 is 1.86 bits per heavy atom. The van der Waals surface area contributed by atoms with Gasteiger partial charge in [0.05, 0.1) is 19.3 Å². The summed E-state index contributed by atoms with van der Waals surface area (Å²) >= 11 is 6.08. The van der Waals surface area contributed by atoms with Gasteiger partial charge in [0.1, 0.15) is 10.6 Å². The Bertz CT molecular complexity index is 622. The molecule has 5 nitrogen and oxygen atoms in total. The second-order valence-corrected chi connectivity index (χ2v) is 7.65. The molecule has 1 aromatic carbocycles. The van der Waals surface area contributed by atoms with Gasteiger partial charge in [0.15, 0.2) is 0 Å². The molecule has 7 heteroatoms. The monoisotopic (exact) mass is 333 g/mol. The van der Waals surface area contributed by atoms with Crippen molar-refractivity contribution in [2.24, 2.45) is 0 Å². The van der Waals surface area contributed by atoms with Crippen molar-refractivity contribution in [1.29, 1.82) is 0 Å². The molecule has 0 spiro atoms. The fourth-order valence-electron chi connectivity index (χ4n) is 2.46. The molecular formula is C14H20ClNO4S. The first kappa shape index (κ1) is 16.5. The number of hydrogen-bond donors (Lipinski definition) is 0. The fourth-order valence-corrected chi connectivity index (χ4v) is 4.45. The zero-order valence-corrected chi connectivity index (χ0v) is 14.2. The van der Waals surface area contributed by atoms with E-state index in [4.69, 9.17) is 21.1 Å². The van der Waals surface area contributed by atoms with Crippen LogP contribution in [0.4, 0.5) is 0 Å². The van der Waals surface area contributed by atoms with Crippen molar-refractivity contribution in [3.05, 3.63) is 22.7 Å². The minimum Gasteiger partial charge on any atom is -0.495 e. The van der Waals surface area contributed by atoms with Crippen LogP contribution < -0.4 is 4.74 Å². The SMILES string of the molecule is COc1cc(C)c(Cl)cc1S(=O)(=O)N1CC(C)OC(C)C1. The molecule has 1 heterocycles. The molecule has 0 radical (unpaired) electrons. The van der Waals surface area contributed by atoms with Crippen molar-refractivity contribution in [1.82, 2.24) is 4.31 Å². The quantitative estimate of drug-likeness (QED) is 0.852. The third-order valence-corrected chi connectivity index (χ3v) is 5.71. The zero-order chi connectivity index (χ0) is 15.8. The van der Waals surface area contributed by atoms with Gasteiger partial charge in [-0.05, 0) is 38.5 Å². The largest absolute Gasteiger partial charge is 0.495 e. The molecule has 118 valence electrons. The lowest BCUT2D eigenvalue weighted by Crippen LogP contribution is -2.48. The summed E-state index contributed by atoms with van der Waals surface area (Å²) in [6, 6.07) is 3.10. The van der Waals surface area contributed by atoms with Crippen molar-refractivity contribution in [2.75, 3.05) is 20.2 Å². The van der Waals surface area contributed by atoms with Gasteiger partial charge in [-0.1, -0.05) is 11.6 Å². The van der Waals surface area contributed by atoms with Gasteiger partial charge in [-0.15, -0.1) is 0 Å². The molecule has 0 N–H and O–H groups in total. The summed E-state index contributed by atoms with van der Waals surface area (Å²) in [7, 11) is -2.22. The Labute approximate surface area is 130 Å². The minimum absolute atomic E-state index is 0.0990. The molecule has 2 rings (SSSR count). The van der Waals surface area contributed by atoms with E-state index < -0.39 is 10.0 Å². The van der Waals surface area contributed by atoms with Crippen molar-refractivity contribution >= 4 is 21.6 Å². The van der Waals surface area contributed by atoms with Crippen molar-refractivity contribution in [3.8, 4) is 5.75 Å². The normalized spacial score (nSPS) is 24.0. The van der Waals surface area contributed by atoms with E-state index in [9.17, 15) is 8.42 Å². The molecule has 2 atom stereocenters. The predicted molar refractivity (Wildman–Crippen MR) is 81.5 cm³/mol. The summed E-state index contributed by atoms with van der Waals surface area (Å²) in [5, 5.41) is 0.406. The number of benzene rings is 1. The second kappa shape index (κ2) is 6.12. The van der Waals surface area contributed by atoms with Gasteiger partial charge in [0.2, 0.25) is 10.0 Å². The van der Waals surface area contributed by atoms with Crippen molar-refractivity contribution < 1.29 is 17.9 Å². The lowest BCUT2D eigenvalue weighted by atomic mass is 10.2. The first-order valence-electron chi connectivity index (χ1n) is 6.75. The number of sulfonamides is 1. The Balaban J connectivity index is 2.46. The molecule has 0 saturated carbocycles. The third kappa shape index (κ3) is 3.34. The molecule has 1 aliphatic heterocycles. The summed E-state index contributed by atoms with van der Waals surface area (Å²) in [5.41, 5.74) is 0.774. The standard InChI is InChI=1S/C14H20ClNO4S/c1-9-5-13(19-4)14(6-12(9)15)21(17,18)16-7-10(2)20-11(3)8-16/h5-6,10-11H,7-8H2,1-4H3. The van der Waals surface area contributed by atoms with Crippen LogP contribution in [0.2, 0.25) is 5.02 Å². The molecule has 21 heavy (non-hydrogen) atoms. The fraction of sp³-hybridized carbons (Fsp3) is 0.571. The van der Waals surface area contributed by atoms with Gasteiger partial charge in [0.25, 0.3) is 0 Å². The molecule has 1 fully saturated rings. The topological polar surface area (TPSA) is 55.8 Å². The van der Waals surface area contributed by atoms with Crippen LogP contribution in [0.1, 0.15) is 19.4 Å². The van der Waals surface area contributed by atoms with E-state index in [1.807, 2.05) is 13.8 Å². The number of halogens is 1. The maximum Gasteiger partial charge on any atom is 0.246 e. The molecule has 0 amide bonds. The van der Waals surface area contributed by atoms with Crippen molar-refractivity contribution in [2.45, 2.75) is 37.9 Å². The molecular weight excluding hydrogens is 314 g/mol.